The zero-order valence-electron chi connectivity index (χ0n) is 10.4. The average Bonchev–Trinajstić information content (AvgIpc) is 2.67. The summed E-state index contributed by atoms with van der Waals surface area (Å²) in [7, 11) is 1.46. The van der Waals surface area contributed by atoms with Crippen molar-refractivity contribution < 1.29 is 13.9 Å². The zero-order valence-corrected chi connectivity index (χ0v) is 11.2. The van der Waals surface area contributed by atoms with Crippen molar-refractivity contribution in [1.29, 1.82) is 0 Å². The molecule has 1 heterocycles. The molecule has 0 unspecified atom stereocenters. The molecule has 0 saturated carbocycles. The third kappa shape index (κ3) is 2.29. The van der Waals surface area contributed by atoms with E-state index < -0.39 is 5.82 Å². The maximum atomic E-state index is 13.8. The number of carbonyl (C=O) groups excluding carboxylic acids is 1. The van der Waals surface area contributed by atoms with Crippen LogP contribution in [0.5, 0.6) is 5.75 Å². The Morgan fingerprint density at radius 3 is 2.44 bits per heavy atom. The molecule has 2 aromatic rings. The molecule has 0 aliphatic rings. The van der Waals surface area contributed by atoms with Crippen LogP contribution in [0, 0.1) is 19.7 Å². The molecule has 0 saturated heterocycles. The van der Waals surface area contributed by atoms with Gasteiger partial charge >= 0.3 is 0 Å². The van der Waals surface area contributed by atoms with E-state index in [9.17, 15) is 9.18 Å². The van der Waals surface area contributed by atoms with Crippen molar-refractivity contribution >= 4 is 17.1 Å². The quantitative estimate of drug-likeness (QED) is 0.789. The first kappa shape index (κ1) is 12.8. The number of thiophene rings is 1. The van der Waals surface area contributed by atoms with E-state index in [1.165, 1.54) is 30.6 Å². The lowest BCUT2D eigenvalue weighted by atomic mass is 10.0. The molecular formula is C14H13FO2S. The third-order valence-corrected chi connectivity index (χ3v) is 3.67. The number of halogens is 1. The van der Waals surface area contributed by atoms with Crippen molar-refractivity contribution in [3.05, 3.63) is 51.0 Å². The molecule has 2 nitrogen and oxygen atoms in total. The summed E-state index contributed by atoms with van der Waals surface area (Å²) in [4.78, 5) is 14.2. The van der Waals surface area contributed by atoms with Gasteiger partial charge in [-0.15, -0.1) is 11.3 Å². The summed E-state index contributed by atoms with van der Waals surface area (Å²) in [6, 6.07) is 6.07. The van der Waals surface area contributed by atoms with Crippen LogP contribution in [0.3, 0.4) is 0 Å². The Morgan fingerprint density at radius 1 is 1.22 bits per heavy atom. The second-order valence-corrected chi connectivity index (χ2v) is 5.46. The van der Waals surface area contributed by atoms with Gasteiger partial charge in [0.25, 0.3) is 0 Å². The lowest BCUT2D eigenvalue weighted by Crippen LogP contribution is -2.04. The van der Waals surface area contributed by atoms with E-state index in [1.807, 2.05) is 13.8 Å². The van der Waals surface area contributed by atoms with Gasteiger partial charge in [-0.25, -0.2) is 4.39 Å². The Labute approximate surface area is 109 Å². The molecule has 0 radical (unpaired) electrons. The smallest absolute Gasteiger partial charge is 0.197 e. The van der Waals surface area contributed by atoms with Gasteiger partial charge in [-0.1, -0.05) is 0 Å². The van der Waals surface area contributed by atoms with Crippen molar-refractivity contribution in [3.8, 4) is 5.75 Å². The van der Waals surface area contributed by atoms with Crippen molar-refractivity contribution in [2.75, 3.05) is 7.11 Å². The fourth-order valence-corrected chi connectivity index (χ4v) is 2.73. The number of methoxy groups -OCH3 is 1. The van der Waals surface area contributed by atoms with E-state index in [1.54, 1.807) is 12.1 Å². The highest BCUT2D eigenvalue weighted by atomic mass is 32.1. The van der Waals surface area contributed by atoms with Crippen molar-refractivity contribution in [2.45, 2.75) is 13.8 Å². The monoisotopic (exact) mass is 264 g/mol. The maximum Gasteiger partial charge on any atom is 0.197 e. The first-order valence-corrected chi connectivity index (χ1v) is 6.30. The topological polar surface area (TPSA) is 26.3 Å². The normalized spacial score (nSPS) is 10.4. The van der Waals surface area contributed by atoms with Gasteiger partial charge in [-0.2, -0.15) is 0 Å². The molecule has 94 valence electrons. The van der Waals surface area contributed by atoms with Gasteiger partial charge in [0, 0.05) is 21.4 Å². The van der Waals surface area contributed by atoms with Gasteiger partial charge in [-0.3, -0.25) is 4.79 Å². The molecule has 4 heteroatoms. The highest BCUT2D eigenvalue weighted by Gasteiger charge is 2.18. The third-order valence-electron chi connectivity index (χ3n) is 2.71. The fraction of sp³-hybridized carbons (Fsp3) is 0.214. The predicted molar refractivity (Wildman–Crippen MR) is 70.2 cm³/mol. The molecule has 18 heavy (non-hydrogen) atoms. The van der Waals surface area contributed by atoms with Crippen LogP contribution in [-0.2, 0) is 0 Å². The second-order valence-electron chi connectivity index (χ2n) is 4.00. The average molecular weight is 264 g/mol. The summed E-state index contributed by atoms with van der Waals surface area (Å²) in [5.74, 6) is -0.429. The minimum atomic E-state index is -0.553. The second kappa shape index (κ2) is 4.90. The Hall–Kier alpha value is -1.68. The van der Waals surface area contributed by atoms with E-state index in [-0.39, 0.29) is 11.3 Å². The number of hydrogen-bond acceptors (Lipinski definition) is 3. The van der Waals surface area contributed by atoms with Crippen LogP contribution in [0.25, 0.3) is 0 Å². The predicted octanol–water partition coefficient (Wildman–Crippen LogP) is 3.74. The molecular weight excluding hydrogens is 251 g/mol. The molecule has 0 aliphatic carbocycles. The fourth-order valence-electron chi connectivity index (χ4n) is 1.81. The Morgan fingerprint density at radius 2 is 1.94 bits per heavy atom. The molecule has 0 amide bonds. The lowest BCUT2D eigenvalue weighted by Gasteiger charge is -2.04. The summed E-state index contributed by atoms with van der Waals surface area (Å²) in [5.41, 5.74) is 0.651. The first-order valence-electron chi connectivity index (χ1n) is 5.48. The molecule has 2 rings (SSSR count). The number of carbonyl (C=O) groups is 1. The number of benzene rings is 1. The van der Waals surface area contributed by atoms with Crippen LogP contribution >= 0.6 is 11.3 Å². The Balaban J connectivity index is 2.43. The largest absolute Gasteiger partial charge is 0.497 e. The number of ketones is 1. The van der Waals surface area contributed by atoms with Crippen molar-refractivity contribution in [3.63, 3.8) is 0 Å². The number of rotatable bonds is 3. The standard InChI is InChI=1S/C14H13FO2S/c1-8-6-12(9(2)18-8)14(16)11-5-4-10(17-3)7-13(11)15/h4-7H,1-3H3. The highest BCUT2D eigenvalue weighted by molar-refractivity contribution is 7.12. The van der Waals surface area contributed by atoms with Crippen LogP contribution < -0.4 is 4.74 Å². The van der Waals surface area contributed by atoms with Crippen LogP contribution in [0.15, 0.2) is 24.3 Å². The Bertz CT molecular complexity index is 602. The molecule has 1 aromatic heterocycles. The van der Waals surface area contributed by atoms with Crippen LogP contribution in [0.4, 0.5) is 4.39 Å². The SMILES string of the molecule is COc1ccc(C(=O)c2cc(C)sc2C)c(F)c1. The van der Waals surface area contributed by atoms with Crippen molar-refractivity contribution in [1.82, 2.24) is 0 Å². The number of aryl methyl sites for hydroxylation is 2. The Kier molecular flexibility index (Phi) is 3.48. The highest BCUT2D eigenvalue weighted by Crippen LogP contribution is 2.25. The van der Waals surface area contributed by atoms with Gasteiger partial charge in [0.15, 0.2) is 5.78 Å². The van der Waals surface area contributed by atoms with E-state index in [4.69, 9.17) is 4.74 Å². The lowest BCUT2D eigenvalue weighted by molar-refractivity contribution is 0.103. The summed E-state index contributed by atoms with van der Waals surface area (Å²) in [6.07, 6.45) is 0. The van der Waals surface area contributed by atoms with Crippen LogP contribution in [-0.4, -0.2) is 12.9 Å². The summed E-state index contributed by atoms with van der Waals surface area (Å²) in [6.45, 7) is 3.80. The minimum Gasteiger partial charge on any atom is -0.497 e. The van der Waals surface area contributed by atoms with Gasteiger partial charge in [0.2, 0.25) is 0 Å². The molecule has 0 bridgehead atoms. The molecule has 0 aliphatic heterocycles. The number of hydrogen-bond donors (Lipinski definition) is 0. The van der Waals surface area contributed by atoms with E-state index in [2.05, 4.69) is 0 Å². The van der Waals surface area contributed by atoms with Crippen LogP contribution in [0.1, 0.15) is 25.7 Å². The summed E-state index contributed by atoms with van der Waals surface area (Å²) >= 11 is 1.54. The zero-order chi connectivity index (χ0) is 13.3. The van der Waals surface area contributed by atoms with Gasteiger partial charge in [0.05, 0.1) is 12.7 Å². The van der Waals surface area contributed by atoms with E-state index in [0.29, 0.717) is 11.3 Å². The van der Waals surface area contributed by atoms with Crippen LogP contribution in [0.2, 0.25) is 0 Å². The minimum absolute atomic E-state index is 0.0803. The molecule has 0 N–H and O–H groups in total. The van der Waals surface area contributed by atoms with Gasteiger partial charge < -0.3 is 4.74 Å². The van der Waals surface area contributed by atoms with Crippen molar-refractivity contribution in [2.24, 2.45) is 0 Å². The molecule has 1 aromatic carbocycles. The van der Waals surface area contributed by atoms with Gasteiger partial charge in [-0.05, 0) is 32.0 Å². The van der Waals surface area contributed by atoms with Gasteiger partial charge in [0.1, 0.15) is 11.6 Å². The van der Waals surface area contributed by atoms with E-state index in [0.717, 1.165) is 9.75 Å². The molecule has 0 fully saturated rings. The number of ether oxygens (including phenoxy) is 1. The summed E-state index contributed by atoms with van der Waals surface area (Å²) in [5, 5.41) is 0. The maximum absolute atomic E-state index is 13.8. The molecule has 0 spiro atoms. The molecule has 0 atom stereocenters. The first-order chi connectivity index (χ1) is 8.52. The summed E-state index contributed by atoms with van der Waals surface area (Å²) < 4.78 is 18.7. The van der Waals surface area contributed by atoms with E-state index >= 15 is 0 Å².